The maximum absolute atomic E-state index is 12.5. The first-order chi connectivity index (χ1) is 38.7. The molecule has 0 aromatic heterocycles. The number of carbonyl (C=O) groups excluding carboxylic acids is 1. The second kappa shape index (κ2) is 69.4. The van der Waals surface area contributed by atoms with Gasteiger partial charge in [-0.3, -0.25) is 4.79 Å². The largest absolute Gasteiger partial charge is 0.394 e. The lowest BCUT2D eigenvalue weighted by atomic mass is 10.0. The highest BCUT2D eigenvalue weighted by Gasteiger charge is 2.18. The predicted molar refractivity (Wildman–Crippen MR) is 350 cm³/mol. The Hall–Kier alpha value is -1.91. The second-order valence-electron chi connectivity index (χ2n) is 24.3. The number of aliphatic hydroxyl groups is 2. The van der Waals surface area contributed by atoms with E-state index in [-0.39, 0.29) is 12.5 Å². The maximum atomic E-state index is 12.5. The number of carbonyl (C=O) groups is 1. The molecule has 0 radical (unpaired) electrons. The molecule has 78 heavy (non-hydrogen) atoms. The summed E-state index contributed by atoms with van der Waals surface area (Å²) in [7, 11) is 0. The van der Waals surface area contributed by atoms with Gasteiger partial charge in [0.25, 0.3) is 0 Å². The molecule has 0 rings (SSSR count). The van der Waals surface area contributed by atoms with Gasteiger partial charge in [-0.25, -0.2) is 0 Å². The van der Waals surface area contributed by atoms with E-state index in [1.54, 1.807) is 6.08 Å². The van der Waals surface area contributed by atoms with Crippen molar-refractivity contribution in [3.05, 3.63) is 60.8 Å². The van der Waals surface area contributed by atoms with Crippen LogP contribution in [0.1, 0.15) is 386 Å². The van der Waals surface area contributed by atoms with E-state index in [9.17, 15) is 15.0 Å². The summed E-state index contributed by atoms with van der Waals surface area (Å²) in [5.41, 5.74) is 0. The molecule has 0 fully saturated rings. The number of nitrogens with one attached hydrogen (secondary N) is 1. The van der Waals surface area contributed by atoms with Crippen molar-refractivity contribution in [2.45, 2.75) is 398 Å². The Balaban J connectivity index is 3.45. The molecular weight excluding hydrogens is 951 g/mol. The van der Waals surface area contributed by atoms with Crippen molar-refractivity contribution in [3.63, 3.8) is 0 Å². The molecule has 3 N–H and O–H groups in total. The van der Waals surface area contributed by atoms with Crippen molar-refractivity contribution in [1.82, 2.24) is 5.32 Å². The SMILES string of the molecule is CCCCCCC/C=C\C/C=C\C/C=C\CCCCCCCCCCCCCCCCCCCCCCCCC(=O)NC(CO)C(O)/C=C/CC/C=C/CCCCCCCCCCCCCCCCCCCCCCCCC. The van der Waals surface area contributed by atoms with Crippen LogP contribution < -0.4 is 5.32 Å². The van der Waals surface area contributed by atoms with Crippen LogP contribution in [-0.2, 0) is 4.79 Å². The summed E-state index contributed by atoms with van der Waals surface area (Å²) in [5.74, 6) is -0.0671. The Bertz CT molecular complexity index is 1280. The van der Waals surface area contributed by atoms with Gasteiger partial charge in [0.1, 0.15) is 0 Å². The first kappa shape index (κ1) is 76.1. The topological polar surface area (TPSA) is 69.6 Å². The lowest BCUT2D eigenvalue weighted by Gasteiger charge is -2.19. The summed E-state index contributed by atoms with van der Waals surface area (Å²) in [6, 6.07) is -0.641. The van der Waals surface area contributed by atoms with Gasteiger partial charge in [0, 0.05) is 6.42 Å². The fraction of sp³-hybridized carbons (Fsp3) is 0.851. The average Bonchev–Trinajstić information content (AvgIpc) is 3.44. The smallest absolute Gasteiger partial charge is 0.220 e. The lowest BCUT2D eigenvalue weighted by Crippen LogP contribution is -2.45. The van der Waals surface area contributed by atoms with Crippen molar-refractivity contribution in [1.29, 1.82) is 0 Å². The zero-order valence-electron chi connectivity index (χ0n) is 53.0. The van der Waals surface area contributed by atoms with E-state index in [0.717, 1.165) is 44.9 Å². The molecule has 0 heterocycles. The van der Waals surface area contributed by atoms with Crippen molar-refractivity contribution < 1.29 is 15.0 Å². The van der Waals surface area contributed by atoms with E-state index in [1.165, 1.54) is 321 Å². The Morgan fingerprint density at radius 3 is 0.833 bits per heavy atom. The fourth-order valence-electron chi connectivity index (χ4n) is 11.1. The number of hydrogen-bond acceptors (Lipinski definition) is 3. The third-order valence-electron chi connectivity index (χ3n) is 16.5. The van der Waals surface area contributed by atoms with Crippen LogP contribution in [0.15, 0.2) is 60.8 Å². The average molecular weight is 1090 g/mol. The maximum Gasteiger partial charge on any atom is 0.220 e. The van der Waals surface area contributed by atoms with E-state index >= 15 is 0 Å². The van der Waals surface area contributed by atoms with Gasteiger partial charge in [-0.05, 0) is 70.6 Å². The summed E-state index contributed by atoms with van der Waals surface area (Å²) >= 11 is 0. The highest BCUT2D eigenvalue weighted by molar-refractivity contribution is 5.76. The van der Waals surface area contributed by atoms with E-state index in [1.807, 2.05) is 6.08 Å². The van der Waals surface area contributed by atoms with Crippen molar-refractivity contribution >= 4 is 5.91 Å². The zero-order chi connectivity index (χ0) is 56.2. The number of hydrogen-bond donors (Lipinski definition) is 3. The summed E-state index contributed by atoms with van der Waals surface area (Å²) in [4.78, 5) is 12.5. The molecule has 0 aliphatic heterocycles. The highest BCUT2D eigenvalue weighted by atomic mass is 16.3. The summed E-state index contributed by atoms with van der Waals surface area (Å²) < 4.78 is 0. The highest BCUT2D eigenvalue weighted by Crippen LogP contribution is 2.19. The third kappa shape index (κ3) is 64.9. The number of aliphatic hydroxyl groups excluding tert-OH is 2. The van der Waals surface area contributed by atoms with Gasteiger partial charge in [-0.1, -0.05) is 370 Å². The molecule has 0 bridgehead atoms. The molecule has 0 spiro atoms. The Morgan fingerprint density at radius 2 is 0.538 bits per heavy atom. The molecule has 0 aromatic carbocycles. The summed E-state index contributed by atoms with van der Waals surface area (Å²) in [6.07, 6.45) is 98.9. The Morgan fingerprint density at radius 1 is 0.308 bits per heavy atom. The molecule has 0 aliphatic rings. The minimum absolute atomic E-state index is 0.0671. The fourth-order valence-corrected chi connectivity index (χ4v) is 11.1. The molecule has 1 amide bonds. The summed E-state index contributed by atoms with van der Waals surface area (Å²) in [6.45, 7) is 4.33. The van der Waals surface area contributed by atoms with Crippen LogP contribution in [0.4, 0.5) is 0 Å². The zero-order valence-corrected chi connectivity index (χ0v) is 53.0. The monoisotopic (exact) mass is 1090 g/mol. The van der Waals surface area contributed by atoms with Crippen molar-refractivity contribution in [2.75, 3.05) is 6.61 Å². The molecule has 4 heteroatoms. The molecule has 0 aliphatic carbocycles. The van der Waals surface area contributed by atoms with Gasteiger partial charge in [-0.2, -0.15) is 0 Å². The van der Waals surface area contributed by atoms with Crippen LogP contribution in [0, 0.1) is 0 Å². The van der Waals surface area contributed by atoms with Gasteiger partial charge >= 0.3 is 0 Å². The van der Waals surface area contributed by atoms with Gasteiger partial charge in [0.15, 0.2) is 0 Å². The number of unbranched alkanes of at least 4 members (excludes halogenated alkanes) is 51. The molecule has 0 aromatic rings. The molecule has 4 nitrogen and oxygen atoms in total. The molecule has 2 unspecified atom stereocenters. The Labute approximate surface area is 489 Å². The standard InChI is InChI=1S/C74H139NO3/c1-3-5-7-9-11-13-15-17-19-21-23-25-27-29-31-33-34-35-36-37-38-39-40-42-44-46-48-50-52-54-56-58-60-62-64-66-68-70-74(78)75-72(71-76)73(77)69-67-65-63-61-59-57-55-53-51-49-47-45-43-41-32-30-28-26-24-22-20-18-16-14-12-10-8-6-4-2/h15,17,21,23,27,29,59,61,67,69,72-73,76-77H,3-14,16,18-20,22,24-26,28,30-58,60,62-66,68,70-71H2,1-2H3,(H,75,78)/b17-15-,23-21-,29-27-,61-59+,69-67+. The molecule has 0 saturated heterocycles. The van der Waals surface area contributed by atoms with E-state index < -0.39 is 12.1 Å². The van der Waals surface area contributed by atoms with Crippen molar-refractivity contribution in [3.8, 4) is 0 Å². The first-order valence-corrected chi connectivity index (χ1v) is 35.5. The first-order valence-electron chi connectivity index (χ1n) is 35.5. The van der Waals surface area contributed by atoms with Crippen LogP contribution in [0.3, 0.4) is 0 Å². The van der Waals surface area contributed by atoms with E-state index in [4.69, 9.17) is 0 Å². The Kier molecular flexibility index (Phi) is 67.7. The quantitative estimate of drug-likeness (QED) is 0.0420. The minimum Gasteiger partial charge on any atom is -0.394 e. The molecule has 2 atom stereocenters. The second-order valence-corrected chi connectivity index (χ2v) is 24.3. The molecule has 458 valence electrons. The van der Waals surface area contributed by atoms with E-state index in [2.05, 4.69) is 67.8 Å². The lowest BCUT2D eigenvalue weighted by molar-refractivity contribution is -0.123. The van der Waals surface area contributed by atoms with Crippen LogP contribution in [0.2, 0.25) is 0 Å². The van der Waals surface area contributed by atoms with Gasteiger partial charge in [0.05, 0.1) is 18.8 Å². The van der Waals surface area contributed by atoms with Gasteiger partial charge < -0.3 is 15.5 Å². The minimum atomic E-state index is -0.864. The van der Waals surface area contributed by atoms with Crippen molar-refractivity contribution in [2.24, 2.45) is 0 Å². The number of allylic oxidation sites excluding steroid dienone is 9. The van der Waals surface area contributed by atoms with Crippen LogP contribution in [-0.4, -0.2) is 34.9 Å². The van der Waals surface area contributed by atoms with Gasteiger partial charge in [-0.15, -0.1) is 0 Å². The number of amides is 1. The van der Waals surface area contributed by atoms with E-state index in [0.29, 0.717) is 6.42 Å². The van der Waals surface area contributed by atoms with Crippen LogP contribution in [0.5, 0.6) is 0 Å². The predicted octanol–water partition coefficient (Wildman–Crippen LogP) is 24.3. The van der Waals surface area contributed by atoms with Gasteiger partial charge in [0.2, 0.25) is 5.91 Å². The third-order valence-corrected chi connectivity index (χ3v) is 16.5. The number of rotatable bonds is 66. The normalized spacial score (nSPS) is 13.0. The van der Waals surface area contributed by atoms with Crippen LogP contribution >= 0.6 is 0 Å². The molecule has 0 saturated carbocycles. The molecular formula is C74H139NO3. The summed E-state index contributed by atoms with van der Waals surface area (Å²) in [5, 5.41) is 23.3. The van der Waals surface area contributed by atoms with Crippen LogP contribution in [0.25, 0.3) is 0 Å².